The van der Waals surface area contributed by atoms with Crippen LogP contribution in [0, 0.1) is 10.1 Å². The lowest BCUT2D eigenvalue weighted by molar-refractivity contribution is -0.432. The number of phenolic OH excluding ortho intramolecular Hbond substituents is 2. The summed E-state index contributed by atoms with van der Waals surface area (Å²) in [5, 5.41) is 89.6. The fraction of sp³-hybridized carbons (Fsp3) is 0.0435. The van der Waals surface area contributed by atoms with Gasteiger partial charge in [0.1, 0.15) is 32.5 Å². The summed E-state index contributed by atoms with van der Waals surface area (Å²) < 4.78 is 169. The Kier molecular flexibility index (Phi) is 19.9. The van der Waals surface area contributed by atoms with Crippen molar-refractivity contribution in [2.24, 2.45) is 40.9 Å². The van der Waals surface area contributed by atoms with Gasteiger partial charge >= 0.3 is 10.4 Å². The van der Waals surface area contributed by atoms with Crippen molar-refractivity contribution in [3.05, 3.63) is 131 Å². The minimum atomic E-state index is -5.20. The molecule has 0 amide bonds. The van der Waals surface area contributed by atoms with Gasteiger partial charge in [0, 0.05) is 23.2 Å². The smallest absolute Gasteiger partial charge is 0.397 e. The van der Waals surface area contributed by atoms with E-state index in [4.69, 9.17) is 26.5 Å². The third-order valence-corrected chi connectivity index (χ3v) is 18.2. The summed E-state index contributed by atoms with van der Waals surface area (Å²) in [4.78, 5) is 7.51. The quantitative estimate of drug-likeness (QED) is 0.00483. The summed E-state index contributed by atoms with van der Waals surface area (Å²) >= 11 is 0.486. The van der Waals surface area contributed by atoms with E-state index >= 15 is 0 Å². The zero-order valence-corrected chi connectivity index (χ0v) is 49.3. The molecule has 0 aliphatic carbocycles. The van der Waals surface area contributed by atoms with E-state index in [1.807, 2.05) is 0 Å². The van der Waals surface area contributed by atoms with Crippen molar-refractivity contribution in [1.29, 1.82) is 0 Å². The number of non-ortho nitro benzene ring substituents is 1. The molecule has 0 unspecified atom stereocenters. The third kappa shape index (κ3) is 15.9. The van der Waals surface area contributed by atoms with Crippen molar-refractivity contribution in [2.75, 3.05) is 28.5 Å². The molecule has 466 valence electrons. The number of azo groups is 4. The number of nitrogens with zero attached hydrogens (tertiary/aromatic N) is 9. The number of anilines is 3. The molecule has 0 spiro atoms. The largest absolute Gasteiger partial charge is 0.505 e. The highest BCUT2D eigenvalue weighted by Gasteiger charge is 2.28. The van der Waals surface area contributed by atoms with Crippen molar-refractivity contribution < 1.29 is 104 Å². The van der Waals surface area contributed by atoms with E-state index in [2.05, 4.69) is 68.6 Å². The summed E-state index contributed by atoms with van der Waals surface area (Å²) in [7, 11) is -23.8. The number of hydrogen-bond acceptors (Lipinski definition) is 33. The van der Waals surface area contributed by atoms with Crippen LogP contribution in [0.15, 0.2) is 192 Å². The Hall–Kier alpha value is -8.87. The maximum Gasteiger partial charge on any atom is 0.397 e. The summed E-state index contributed by atoms with van der Waals surface area (Å²) in [5.41, 5.74) is 9.47. The molecule has 0 atom stereocenters. The van der Waals surface area contributed by atoms with Gasteiger partial charge in [0.25, 0.3) is 35.9 Å². The second-order valence-electron chi connectivity index (χ2n) is 17.3. The van der Waals surface area contributed by atoms with Gasteiger partial charge in [-0.2, -0.15) is 45.7 Å². The van der Waals surface area contributed by atoms with Crippen molar-refractivity contribution in [1.82, 2.24) is 0 Å². The Morgan fingerprint density at radius 1 is 0.539 bits per heavy atom. The Morgan fingerprint density at radius 3 is 1.53 bits per heavy atom. The number of phenols is 2. The first-order valence-corrected chi connectivity index (χ1v) is 32.3. The molecule has 0 heterocycles. The van der Waals surface area contributed by atoms with Crippen molar-refractivity contribution in [3.8, 4) is 11.5 Å². The molecule has 12 N–H and O–H groups in total. The molecule has 0 fully saturated rings. The summed E-state index contributed by atoms with van der Waals surface area (Å²) in [6.07, 6.45) is 0. The molecule has 8 aromatic rings. The van der Waals surface area contributed by atoms with Gasteiger partial charge in [-0.1, -0.05) is 10.1 Å². The van der Waals surface area contributed by atoms with Gasteiger partial charge in [-0.15, -0.1) is 29.1 Å². The first-order valence-electron chi connectivity index (χ1n) is 23.5. The number of hydrogen-bond donors (Lipinski definition) is 10. The van der Waals surface area contributed by atoms with Crippen molar-refractivity contribution >= 4 is 164 Å². The molecule has 43 heteroatoms. The number of nitrogens with one attached hydrogen (secondary N) is 1. The van der Waals surface area contributed by atoms with Crippen LogP contribution >= 0.6 is 24.1 Å². The van der Waals surface area contributed by atoms with Gasteiger partial charge in [-0.25, -0.2) is 31.5 Å². The predicted molar refractivity (Wildman–Crippen MR) is 310 cm³/mol. The minimum absolute atomic E-state index is 0.00808. The zero-order chi connectivity index (χ0) is 64.8. The zero-order valence-electron chi connectivity index (χ0n) is 43.6. The molecule has 36 nitrogen and oxygen atoms in total. The predicted octanol–water partition coefficient (Wildman–Crippen LogP) is 10.9. The number of fused-ring (bicyclic) bond motifs is 2. The Morgan fingerprint density at radius 2 is 1.01 bits per heavy atom. The molecule has 0 bridgehead atoms. The highest BCUT2D eigenvalue weighted by molar-refractivity contribution is 7.95. The average molecular weight is 1370 g/mol. The van der Waals surface area contributed by atoms with Crippen LogP contribution in [-0.2, 0) is 73.4 Å². The first-order chi connectivity index (χ1) is 41.9. The topological polar surface area (TPSA) is 565 Å². The molecule has 8 aromatic carbocycles. The van der Waals surface area contributed by atoms with Crippen molar-refractivity contribution in [2.45, 2.75) is 29.4 Å². The van der Waals surface area contributed by atoms with Crippen LogP contribution in [0.3, 0.4) is 0 Å². The minimum Gasteiger partial charge on any atom is -0.505 e. The van der Waals surface area contributed by atoms with Crippen LogP contribution in [0.2, 0.25) is 0 Å². The van der Waals surface area contributed by atoms with Crippen LogP contribution < -0.4 is 16.2 Å². The van der Waals surface area contributed by atoms with Gasteiger partial charge in [0.15, 0.2) is 21.3 Å². The standard InChI is InChI=1S/C46H36N12O24S7/c47-40-33(53-49-26-7-13-30(14-8-26)85(65,66)18-17-78-89(75,76)77)22-36(87(69,70)71)32-21-35(84-82-80-64)43(46(60)39(32)40)55-51-24-1-3-28(4-2-24)57-86(67,68)31-15-9-27(10-16-31)52-56-44-37(88(72,73)74)20-23-19-34(83-81-79-63)42(41(48)38(23)45(44)59)54-50-25-5-11-29(12-6-25)58(61)62/h1-16,19-22,57,59-60,63-64H,17-18,47-48H2,(H,69,70,71)(H,72,73,74)(H,75,76,77)/b53-49+,54-50+,55-51+,56-52+. The van der Waals surface area contributed by atoms with E-state index in [0.29, 0.717) is 12.0 Å². The number of sulfonamides is 1. The van der Waals surface area contributed by atoms with Crippen LogP contribution in [0.1, 0.15) is 0 Å². The number of aromatic hydroxyl groups is 2. The van der Waals surface area contributed by atoms with E-state index < -0.39 is 128 Å². The Bertz CT molecular complexity index is 4820. The molecule has 89 heavy (non-hydrogen) atoms. The fourth-order valence-electron chi connectivity index (χ4n) is 7.71. The van der Waals surface area contributed by atoms with Gasteiger partial charge in [0.05, 0.1) is 106 Å². The maximum atomic E-state index is 13.5. The Labute approximate surface area is 507 Å². The number of nitrogens with two attached hydrogens (primary N) is 2. The normalized spacial score (nSPS) is 12.8. The summed E-state index contributed by atoms with van der Waals surface area (Å²) in [6.45, 7) is -0.899. The molecule has 0 aliphatic rings. The van der Waals surface area contributed by atoms with E-state index in [9.17, 15) is 71.5 Å². The highest BCUT2D eigenvalue weighted by atomic mass is 32.3. The number of nitro groups is 1. The average Bonchev–Trinajstić information content (AvgIpc) is 0.837. The molecule has 8 rings (SSSR count). The molecule has 0 aliphatic heterocycles. The molecule has 0 aromatic heterocycles. The second kappa shape index (κ2) is 26.8. The summed E-state index contributed by atoms with van der Waals surface area (Å²) in [5.74, 6) is -2.71. The lowest BCUT2D eigenvalue weighted by Gasteiger charge is -2.14. The van der Waals surface area contributed by atoms with Gasteiger partial charge in [-0.3, -0.25) is 28.5 Å². The number of sulfone groups is 1. The first kappa shape index (κ1) is 66.1. The number of benzene rings is 8. The van der Waals surface area contributed by atoms with Gasteiger partial charge in [-0.05, 0) is 115 Å². The van der Waals surface area contributed by atoms with Crippen LogP contribution in [0.5, 0.6) is 11.5 Å². The lowest BCUT2D eigenvalue weighted by Crippen LogP contribution is -2.15. The Balaban J connectivity index is 1.03. The van der Waals surface area contributed by atoms with E-state index in [-0.39, 0.29) is 82.2 Å². The van der Waals surface area contributed by atoms with Gasteiger partial charge in [0.2, 0.25) is 0 Å². The summed E-state index contributed by atoms with van der Waals surface area (Å²) in [6, 6.07) is 22.4. The second-order valence-corrected chi connectivity index (χ2v) is 26.4. The number of nitrogen functional groups attached to an aromatic ring is 2. The molecule has 0 saturated carbocycles. The van der Waals surface area contributed by atoms with Gasteiger partial charge < -0.3 is 21.7 Å². The third-order valence-electron chi connectivity index (χ3n) is 11.7. The van der Waals surface area contributed by atoms with Crippen LogP contribution in [-0.4, -0.2) is 93.8 Å². The van der Waals surface area contributed by atoms with E-state index in [0.717, 1.165) is 84.9 Å². The monoisotopic (exact) mass is 1360 g/mol. The van der Waals surface area contributed by atoms with E-state index in [1.165, 1.54) is 36.4 Å². The van der Waals surface area contributed by atoms with Crippen LogP contribution in [0.4, 0.5) is 68.2 Å². The number of rotatable bonds is 25. The molecule has 0 radical (unpaired) electrons. The SMILES string of the molecule is Nc1c(/N=N/c2ccc([N+](=O)[O-])cc2)c(SOOO)cc2cc(S(=O)(=O)O)c(/N=N/c3ccc(S(=O)(=O)Nc4ccc(/N=N/c5c(SOOO)cc6c(S(=O)(=O)O)cc(/N=N/c7ccc(S(=O)(=O)CCOS(=O)(=O)O)cc7)c(N)c6c5O)cc4)cc3)c(O)c12. The number of nitro benzene ring substituents is 1. The lowest BCUT2D eigenvalue weighted by atomic mass is 10.0. The van der Waals surface area contributed by atoms with Crippen molar-refractivity contribution in [3.63, 3.8) is 0 Å². The molecular formula is C46H36N12O24S7. The maximum absolute atomic E-state index is 13.5. The van der Waals surface area contributed by atoms with Crippen LogP contribution in [0.25, 0.3) is 21.5 Å². The highest BCUT2D eigenvalue weighted by Crippen LogP contribution is 2.52. The molecule has 0 saturated heterocycles. The molecular weight excluding hydrogens is 1330 g/mol. The fourth-order valence-corrected chi connectivity index (χ4v) is 12.6. The van der Waals surface area contributed by atoms with E-state index in [1.54, 1.807) is 0 Å².